The molecule has 23 heavy (non-hydrogen) atoms. The lowest BCUT2D eigenvalue weighted by Gasteiger charge is -2.51. The Kier molecular flexibility index (Phi) is 4.99. The zero-order valence-corrected chi connectivity index (χ0v) is 13.4. The number of piperidine rings is 2. The third kappa shape index (κ3) is 3.27. The van der Waals surface area contributed by atoms with Crippen molar-refractivity contribution in [3.8, 4) is 0 Å². The van der Waals surface area contributed by atoms with Gasteiger partial charge >= 0.3 is 0 Å². The fraction of sp³-hybridized carbons (Fsp3) is 0.750. The molecule has 2 N–H and O–H groups in total. The number of aliphatic hydroxyl groups excluding tert-OH is 2. The van der Waals surface area contributed by atoms with Crippen molar-refractivity contribution in [2.45, 2.75) is 19.3 Å². The van der Waals surface area contributed by atoms with E-state index in [2.05, 4.69) is 9.88 Å². The van der Waals surface area contributed by atoms with E-state index in [0.29, 0.717) is 13.1 Å². The van der Waals surface area contributed by atoms with Crippen LogP contribution in [0.4, 0.5) is 0 Å². The van der Waals surface area contributed by atoms with Gasteiger partial charge in [-0.05, 0) is 37.8 Å². The molecule has 0 bridgehead atoms. The van der Waals surface area contributed by atoms with E-state index < -0.39 is 0 Å². The number of rotatable bonds is 4. The average Bonchev–Trinajstić information content (AvgIpc) is 3.11. The van der Waals surface area contributed by atoms with Gasteiger partial charge in [0.2, 0.25) is 5.76 Å². The molecular formula is C16H25N3O4. The van der Waals surface area contributed by atoms with Gasteiger partial charge in [-0.25, -0.2) is 4.98 Å². The number of β-amino-alcohol motifs (C(OH)–C–C–N with tert-alkyl or cyclic N) is 1. The highest BCUT2D eigenvalue weighted by Gasteiger charge is 2.45. The number of amides is 1. The molecule has 0 aromatic carbocycles. The summed E-state index contributed by atoms with van der Waals surface area (Å²) in [5.41, 5.74) is 0.110. The van der Waals surface area contributed by atoms with Crippen molar-refractivity contribution < 1.29 is 19.4 Å². The molecule has 0 saturated carbocycles. The summed E-state index contributed by atoms with van der Waals surface area (Å²) in [5, 5.41) is 18.9. The van der Waals surface area contributed by atoms with Crippen molar-refractivity contribution in [2.75, 3.05) is 45.9 Å². The van der Waals surface area contributed by atoms with Crippen LogP contribution < -0.4 is 0 Å². The van der Waals surface area contributed by atoms with Crippen LogP contribution in [0.3, 0.4) is 0 Å². The van der Waals surface area contributed by atoms with Crippen LogP contribution in [0.25, 0.3) is 0 Å². The minimum atomic E-state index is -0.145. The number of hydrogen-bond donors (Lipinski definition) is 2. The van der Waals surface area contributed by atoms with Gasteiger partial charge in [-0.2, -0.15) is 0 Å². The maximum absolute atomic E-state index is 12.4. The number of hydrogen-bond acceptors (Lipinski definition) is 6. The molecule has 1 spiro atoms. The highest BCUT2D eigenvalue weighted by molar-refractivity contribution is 5.91. The van der Waals surface area contributed by atoms with Crippen LogP contribution >= 0.6 is 0 Å². The maximum Gasteiger partial charge on any atom is 0.291 e. The Morgan fingerprint density at radius 1 is 1.30 bits per heavy atom. The van der Waals surface area contributed by atoms with E-state index in [1.165, 1.54) is 12.6 Å². The van der Waals surface area contributed by atoms with Crippen LogP contribution in [-0.4, -0.2) is 76.8 Å². The van der Waals surface area contributed by atoms with Gasteiger partial charge in [0.05, 0.1) is 12.8 Å². The van der Waals surface area contributed by atoms with Crippen LogP contribution in [0.1, 0.15) is 29.8 Å². The summed E-state index contributed by atoms with van der Waals surface area (Å²) in [6, 6.07) is 0. The molecule has 7 heteroatoms. The second-order valence-electron chi connectivity index (χ2n) is 6.67. The Balaban J connectivity index is 1.64. The quantitative estimate of drug-likeness (QED) is 0.823. The fourth-order valence-electron chi connectivity index (χ4n) is 4.05. The molecule has 1 aromatic heterocycles. The van der Waals surface area contributed by atoms with Crippen molar-refractivity contribution >= 4 is 5.91 Å². The van der Waals surface area contributed by atoms with Crippen LogP contribution in [0.2, 0.25) is 0 Å². The lowest BCUT2D eigenvalue weighted by atomic mass is 9.64. The van der Waals surface area contributed by atoms with Gasteiger partial charge in [-0.1, -0.05) is 0 Å². The van der Waals surface area contributed by atoms with E-state index in [9.17, 15) is 9.90 Å². The molecule has 3 rings (SSSR count). The second kappa shape index (κ2) is 6.98. The van der Waals surface area contributed by atoms with Gasteiger partial charge in [0.15, 0.2) is 6.39 Å². The molecule has 2 aliphatic rings. The highest BCUT2D eigenvalue weighted by Crippen LogP contribution is 2.45. The van der Waals surface area contributed by atoms with E-state index in [1.807, 2.05) is 0 Å². The summed E-state index contributed by atoms with van der Waals surface area (Å²) in [7, 11) is 0. The number of carbonyl (C=O) groups excluding carboxylic acids is 1. The Labute approximate surface area is 135 Å². The van der Waals surface area contributed by atoms with Crippen LogP contribution in [0.15, 0.2) is 17.0 Å². The number of aromatic nitrogens is 1. The summed E-state index contributed by atoms with van der Waals surface area (Å²) in [6.45, 7) is 4.17. The molecule has 0 aliphatic carbocycles. The predicted octanol–water partition coefficient (Wildman–Crippen LogP) is 0.203. The molecule has 7 nitrogen and oxygen atoms in total. The van der Waals surface area contributed by atoms with Crippen molar-refractivity contribution in [3.63, 3.8) is 0 Å². The number of aliphatic hydroxyl groups is 2. The van der Waals surface area contributed by atoms with Crippen molar-refractivity contribution in [3.05, 3.63) is 18.4 Å². The molecule has 3 heterocycles. The van der Waals surface area contributed by atoms with E-state index in [1.54, 1.807) is 4.90 Å². The normalized spacial score (nSPS) is 25.0. The van der Waals surface area contributed by atoms with Crippen molar-refractivity contribution in [1.82, 2.24) is 14.8 Å². The van der Waals surface area contributed by atoms with Crippen molar-refractivity contribution in [1.29, 1.82) is 0 Å². The van der Waals surface area contributed by atoms with Gasteiger partial charge in [0.25, 0.3) is 5.91 Å². The minimum Gasteiger partial charge on any atom is -0.438 e. The Hall–Kier alpha value is -1.44. The smallest absolute Gasteiger partial charge is 0.291 e. The highest BCUT2D eigenvalue weighted by atomic mass is 16.3. The SMILES string of the molecule is O=C(c1cnco1)N1CCC2(CCN(CCO)CC2)C(CO)C1. The molecular weight excluding hydrogens is 298 g/mol. The van der Waals surface area contributed by atoms with E-state index in [-0.39, 0.29) is 36.2 Å². The van der Waals surface area contributed by atoms with Crippen LogP contribution in [0.5, 0.6) is 0 Å². The van der Waals surface area contributed by atoms with E-state index >= 15 is 0 Å². The molecule has 2 aliphatic heterocycles. The molecule has 128 valence electrons. The van der Waals surface area contributed by atoms with Crippen LogP contribution in [0, 0.1) is 11.3 Å². The first-order valence-electron chi connectivity index (χ1n) is 8.30. The summed E-state index contributed by atoms with van der Waals surface area (Å²) in [5.74, 6) is 0.211. The summed E-state index contributed by atoms with van der Waals surface area (Å²) < 4.78 is 5.10. The summed E-state index contributed by atoms with van der Waals surface area (Å²) >= 11 is 0. The van der Waals surface area contributed by atoms with Gasteiger partial charge in [0.1, 0.15) is 0 Å². The fourth-order valence-corrected chi connectivity index (χ4v) is 4.05. The largest absolute Gasteiger partial charge is 0.438 e. The average molecular weight is 323 g/mol. The Morgan fingerprint density at radius 3 is 2.65 bits per heavy atom. The predicted molar refractivity (Wildman–Crippen MR) is 82.8 cm³/mol. The van der Waals surface area contributed by atoms with Gasteiger partial charge in [-0.15, -0.1) is 0 Å². The number of nitrogens with zero attached hydrogens (tertiary/aromatic N) is 3. The molecule has 1 amide bonds. The standard InChI is InChI=1S/C16H25N3O4/c20-8-7-18-4-1-16(2-5-18)3-6-19(10-13(16)11-21)15(22)14-9-17-12-23-14/h9,12-13,20-21H,1-8,10-11H2. The van der Waals surface area contributed by atoms with Gasteiger partial charge in [-0.3, -0.25) is 4.79 Å². The molecule has 2 saturated heterocycles. The molecule has 1 unspecified atom stereocenters. The van der Waals surface area contributed by atoms with Gasteiger partial charge in [0, 0.05) is 32.2 Å². The molecule has 2 fully saturated rings. The zero-order chi connectivity index (χ0) is 16.3. The Bertz CT molecular complexity index is 511. The maximum atomic E-state index is 12.4. The van der Waals surface area contributed by atoms with Crippen molar-refractivity contribution in [2.24, 2.45) is 11.3 Å². The van der Waals surface area contributed by atoms with E-state index in [4.69, 9.17) is 9.52 Å². The molecule has 1 aromatic rings. The first-order valence-corrected chi connectivity index (χ1v) is 8.30. The first-order chi connectivity index (χ1) is 11.2. The second-order valence-corrected chi connectivity index (χ2v) is 6.67. The third-order valence-corrected chi connectivity index (χ3v) is 5.61. The van der Waals surface area contributed by atoms with E-state index in [0.717, 1.165) is 38.9 Å². The minimum absolute atomic E-state index is 0.0967. The monoisotopic (exact) mass is 323 g/mol. The number of oxazole rings is 1. The zero-order valence-electron chi connectivity index (χ0n) is 13.4. The van der Waals surface area contributed by atoms with Crippen LogP contribution in [-0.2, 0) is 0 Å². The van der Waals surface area contributed by atoms with Gasteiger partial charge < -0.3 is 24.4 Å². The molecule has 0 radical (unpaired) electrons. The third-order valence-electron chi connectivity index (χ3n) is 5.61. The Morgan fingerprint density at radius 2 is 2.04 bits per heavy atom. The molecule has 1 atom stereocenters. The topological polar surface area (TPSA) is 90.0 Å². The number of carbonyl (C=O) groups is 1. The lowest BCUT2D eigenvalue weighted by molar-refractivity contribution is -0.0374. The first kappa shape index (κ1) is 16.4. The lowest BCUT2D eigenvalue weighted by Crippen LogP contribution is -2.54. The number of likely N-dealkylation sites (tertiary alicyclic amines) is 2. The summed E-state index contributed by atoms with van der Waals surface area (Å²) in [6.07, 6.45) is 5.64. The summed E-state index contributed by atoms with van der Waals surface area (Å²) in [4.78, 5) is 20.2.